The molecule has 6 rings (SSSR count). The Labute approximate surface area is 264 Å². The Morgan fingerprint density at radius 1 is 0.756 bits per heavy atom. The summed E-state index contributed by atoms with van der Waals surface area (Å²) >= 11 is 1.11. The van der Waals surface area contributed by atoms with Gasteiger partial charge in [0.1, 0.15) is 17.2 Å². The minimum absolute atomic E-state index is 0.0988. The van der Waals surface area contributed by atoms with Gasteiger partial charge in [-0.25, -0.2) is 4.68 Å². The maximum absolute atomic E-state index is 13.6. The first-order chi connectivity index (χ1) is 21.7. The van der Waals surface area contributed by atoms with Crippen LogP contribution >= 0.6 is 11.3 Å². The van der Waals surface area contributed by atoms with E-state index in [1.54, 1.807) is 35.0 Å². The lowest BCUT2D eigenvalue weighted by molar-refractivity contribution is 0.271. The first-order valence-corrected chi connectivity index (χ1v) is 15.6. The van der Waals surface area contributed by atoms with Crippen LogP contribution in [0, 0.1) is 11.8 Å². The van der Waals surface area contributed by atoms with Crippen LogP contribution in [0.5, 0.6) is 11.5 Å². The first-order valence-electron chi connectivity index (χ1n) is 14.8. The minimum Gasteiger partial charge on any atom is -0.493 e. The van der Waals surface area contributed by atoms with Crippen molar-refractivity contribution in [1.82, 2.24) is 24.4 Å². The predicted molar refractivity (Wildman–Crippen MR) is 177 cm³/mol. The standard InChI is InChI=1S/C35H33N5O4S/c1-22(2)20-43-28-14-10-24(11-15-28)31-26(19-39(37-31)27-8-6-5-7-9-27)18-30-34(42)40-35(45-30)36-33(41)32(38-40)25-12-16-29(17-13-25)44-21-23(3)4/h5-19,22-23H,20-21H2,1-4H3. The number of nitrogens with zero attached hydrogens (tertiary/aromatic N) is 5. The predicted octanol–water partition coefficient (Wildman–Crippen LogP) is 5.65. The average molecular weight is 620 g/mol. The molecule has 0 bridgehead atoms. The van der Waals surface area contributed by atoms with Crippen LogP contribution in [0.3, 0.4) is 0 Å². The lowest BCUT2D eigenvalue weighted by Gasteiger charge is -2.09. The van der Waals surface area contributed by atoms with Gasteiger partial charge in [0.05, 0.1) is 23.4 Å². The number of aromatic nitrogens is 5. The summed E-state index contributed by atoms with van der Waals surface area (Å²) in [7, 11) is 0. The molecule has 3 aromatic carbocycles. The number of rotatable bonds is 10. The molecule has 0 aliphatic carbocycles. The fourth-order valence-electron chi connectivity index (χ4n) is 4.61. The quantitative estimate of drug-likeness (QED) is 0.195. The van der Waals surface area contributed by atoms with Crippen LogP contribution in [0.2, 0.25) is 0 Å². The van der Waals surface area contributed by atoms with Gasteiger partial charge in [0.25, 0.3) is 5.56 Å². The Kier molecular flexibility index (Phi) is 8.57. The summed E-state index contributed by atoms with van der Waals surface area (Å²) in [5.74, 6) is 2.28. The summed E-state index contributed by atoms with van der Waals surface area (Å²) in [4.78, 5) is 31.0. The van der Waals surface area contributed by atoms with Crippen molar-refractivity contribution < 1.29 is 9.47 Å². The van der Waals surface area contributed by atoms with Crippen molar-refractivity contribution in [3.05, 3.63) is 116 Å². The van der Waals surface area contributed by atoms with Gasteiger partial charge in [-0.2, -0.15) is 19.7 Å². The van der Waals surface area contributed by atoms with Gasteiger partial charge < -0.3 is 9.47 Å². The van der Waals surface area contributed by atoms with Crippen LogP contribution in [-0.2, 0) is 0 Å². The monoisotopic (exact) mass is 619 g/mol. The van der Waals surface area contributed by atoms with E-state index in [0.29, 0.717) is 46.6 Å². The fraction of sp³-hybridized carbons (Fsp3) is 0.229. The number of fused-ring (bicyclic) bond motifs is 1. The fourth-order valence-corrected chi connectivity index (χ4v) is 5.50. The Bertz CT molecular complexity index is 2100. The van der Waals surface area contributed by atoms with Gasteiger partial charge in [-0.3, -0.25) is 9.59 Å². The molecule has 3 aromatic heterocycles. The molecule has 0 aliphatic rings. The summed E-state index contributed by atoms with van der Waals surface area (Å²) in [6.07, 6.45) is 3.66. The van der Waals surface area contributed by atoms with Crippen LogP contribution in [0.15, 0.2) is 94.6 Å². The highest BCUT2D eigenvalue weighted by atomic mass is 32.1. The van der Waals surface area contributed by atoms with Gasteiger partial charge in [-0.05, 0) is 78.6 Å². The molecule has 45 heavy (non-hydrogen) atoms. The lowest BCUT2D eigenvalue weighted by Crippen LogP contribution is -2.26. The van der Waals surface area contributed by atoms with Crippen molar-refractivity contribution in [2.45, 2.75) is 27.7 Å². The van der Waals surface area contributed by atoms with Crippen molar-refractivity contribution in [3.63, 3.8) is 0 Å². The van der Waals surface area contributed by atoms with Crippen LogP contribution in [0.4, 0.5) is 0 Å². The molecular formula is C35H33N5O4S. The molecule has 0 spiro atoms. The van der Waals surface area contributed by atoms with Crippen molar-refractivity contribution in [2.75, 3.05) is 13.2 Å². The Morgan fingerprint density at radius 2 is 1.33 bits per heavy atom. The van der Waals surface area contributed by atoms with Crippen molar-refractivity contribution >= 4 is 22.4 Å². The Balaban J connectivity index is 1.40. The molecule has 0 fully saturated rings. The molecule has 0 saturated heterocycles. The number of hydrogen-bond acceptors (Lipinski definition) is 8. The zero-order chi connectivity index (χ0) is 31.5. The van der Waals surface area contributed by atoms with Crippen LogP contribution in [-0.4, -0.2) is 37.6 Å². The van der Waals surface area contributed by atoms with Crippen LogP contribution in [0.1, 0.15) is 33.3 Å². The summed E-state index contributed by atoms with van der Waals surface area (Å²) in [5.41, 5.74) is 2.97. The number of hydrogen-bond donors (Lipinski definition) is 0. The van der Waals surface area contributed by atoms with Crippen LogP contribution in [0.25, 0.3) is 39.2 Å². The van der Waals surface area contributed by atoms with E-state index in [9.17, 15) is 9.59 Å². The molecule has 0 N–H and O–H groups in total. The van der Waals surface area contributed by atoms with E-state index >= 15 is 0 Å². The molecule has 3 heterocycles. The number of thiazole rings is 1. The zero-order valence-electron chi connectivity index (χ0n) is 25.5. The molecule has 0 radical (unpaired) electrons. The smallest absolute Gasteiger partial charge is 0.300 e. The van der Waals surface area contributed by atoms with Crippen molar-refractivity contribution in [1.29, 1.82) is 0 Å². The van der Waals surface area contributed by atoms with Gasteiger partial charge in [-0.15, -0.1) is 0 Å². The van der Waals surface area contributed by atoms with Gasteiger partial charge in [0.15, 0.2) is 5.69 Å². The highest BCUT2D eigenvalue weighted by molar-refractivity contribution is 7.15. The second kappa shape index (κ2) is 12.9. The summed E-state index contributed by atoms with van der Waals surface area (Å²) in [6, 6.07) is 24.6. The third-order valence-corrected chi connectivity index (χ3v) is 7.82. The Hall–Kier alpha value is -5.09. The summed E-state index contributed by atoms with van der Waals surface area (Å²) in [6.45, 7) is 9.58. The molecule has 0 unspecified atom stereocenters. The molecule has 0 aliphatic heterocycles. The summed E-state index contributed by atoms with van der Waals surface area (Å²) < 4.78 is 15.0. The van der Waals surface area contributed by atoms with Crippen molar-refractivity contribution in [2.24, 2.45) is 11.8 Å². The maximum atomic E-state index is 13.6. The average Bonchev–Trinajstić information content (AvgIpc) is 3.60. The summed E-state index contributed by atoms with van der Waals surface area (Å²) in [5, 5.41) is 9.31. The molecule has 0 saturated carbocycles. The topological polar surface area (TPSA) is 101 Å². The molecule has 0 amide bonds. The second-order valence-corrected chi connectivity index (χ2v) is 12.6. The second-order valence-electron chi connectivity index (χ2n) is 11.5. The highest BCUT2D eigenvalue weighted by Crippen LogP contribution is 2.27. The first kappa shape index (κ1) is 30.0. The third kappa shape index (κ3) is 6.71. The molecule has 6 aromatic rings. The number of benzene rings is 3. The third-order valence-electron chi connectivity index (χ3n) is 6.86. The number of ether oxygens (including phenoxy) is 2. The normalized spacial score (nSPS) is 12.0. The van der Waals surface area contributed by atoms with Crippen molar-refractivity contribution in [3.8, 4) is 39.7 Å². The molecular weight excluding hydrogens is 586 g/mol. The SMILES string of the molecule is CC(C)COc1ccc(-c2nn(-c3ccccc3)cc2C=c2sc3nc(=O)c(-c4ccc(OCC(C)C)cc4)nn3c2=O)cc1. The van der Waals surface area contributed by atoms with Gasteiger partial charge in [-0.1, -0.05) is 57.2 Å². The number of para-hydroxylation sites is 1. The lowest BCUT2D eigenvalue weighted by atomic mass is 10.1. The van der Waals surface area contributed by atoms with E-state index in [1.807, 2.05) is 60.8 Å². The van der Waals surface area contributed by atoms with E-state index in [-0.39, 0.29) is 16.2 Å². The Morgan fingerprint density at radius 3 is 1.91 bits per heavy atom. The minimum atomic E-state index is -0.504. The van der Waals surface area contributed by atoms with Gasteiger partial charge in [0.2, 0.25) is 4.96 Å². The van der Waals surface area contributed by atoms with Gasteiger partial charge >= 0.3 is 5.56 Å². The molecule has 0 atom stereocenters. The molecule has 9 nitrogen and oxygen atoms in total. The molecule has 10 heteroatoms. The van der Waals surface area contributed by atoms with E-state index in [2.05, 4.69) is 37.8 Å². The molecule has 228 valence electrons. The largest absolute Gasteiger partial charge is 0.493 e. The zero-order valence-corrected chi connectivity index (χ0v) is 26.3. The maximum Gasteiger partial charge on any atom is 0.300 e. The van der Waals surface area contributed by atoms with E-state index in [0.717, 1.165) is 33.9 Å². The van der Waals surface area contributed by atoms with E-state index in [1.165, 1.54) is 4.52 Å². The van der Waals surface area contributed by atoms with Crippen LogP contribution < -0.4 is 25.1 Å². The van der Waals surface area contributed by atoms with E-state index in [4.69, 9.17) is 14.6 Å². The van der Waals surface area contributed by atoms with Gasteiger partial charge in [0, 0.05) is 22.9 Å². The highest BCUT2D eigenvalue weighted by Gasteiger charge is 2.16. The van der Waals surface area contributed by atoms with E-state index < -0.39 is 5.56 Å².